The zero-order valence-electron chi connectivity index (χ0n) is 12.7. The molecule has 1 aromatic carbocycles. The van der Waals surface area contributed by atoms with E-state index >= 15 is 0 Å². The first kappa shape index (κ1) is 17.1. The van der Waals surface area contributed by atoms with Gasteiger partial charge in [-0.15, -0.1) is 0 Å². The van der Waals surface area contributed by atoms with Crippen molar-refractivity contribution in [1.29, 1.82) is 0 Å². The van der Waals surface area contributed by atoms with E-state index in [9.17, 15) is 14.0 Å². The SMILES string of the molecule is CC(=O)N(CCN(C)C)CC(=O)NCc1ccc(F)cc1. The molecule has 0 radical (unpaired) electrons. The Labute approximate surface area is 124 Å². The van der Waals surface area contributed by atoms with Crippen LogP contribution in [0.4, 0.5) is 4.39 Å². The number of carbonyl (C=O) groups is 2. The van der Waals surface area contributed by atoms with E-state index in [-0.39, 0.29) is 24.2 Å². The number of hydrogen-bond donors (Lipinski definition) is 1. The van der Waals surface area contributed by atoms with E-state index in [1.807, 2.05) is 19.0 Å². The Morgan fingerprint density at radius 1 is 1.14 bits per heavy atom. The van der Waals surface area contributed by atoms with Crippen LogP contribution in [0, 0.1) is 5.82 Å². The van der Waals surface area contributed by atoms with E-state index in [1.165, 1.54) is 24.0 Å². The maximum atomic E-state index is 12.8. The summed E-state index contributed by atoms with van der Waals surface area (Å²) in [5.74, 6) is -0.668. The van der Waals surface area contributed by atoms with Gasteiger partial charge in [-0.25, -0.2) is 4.39 Å². The van der Waals surface area contributed by atoms with Gasteiger partial charge in [-0.1, -0.05) is 12.1 Å². The maximum absolute atomic E-state index is 12.8. The molecule has 0 saturated carbocycles. The molecule has 6 heteroatoms. The smallest absolute Gasteiger partial charge is 0.239 e. The van der Waals surface area contributed by atoms with Crippen LogP contribution in [-0.2, 0) is 16.1 Å². The molecule has 2 amide bonds. The van der Waals surface area contributed by atoms with Crippen LogP contribution in [0.1, 0.15) is 12.5 Å². The largest absolute Gasteiger partial charge is 0.350 e. The van der Waals surface area contributed by atoms with E-state index < -0.39 is 0 Å². The third kappa shape index (κ3) is 6.85. The van der Waals surface area contributed by atoms with E-state index in [1.54, 1.807) is 12.1 Å². The Morgan fingerprint density at radius 2 is 1.76 bits per heavy atom. The minimum atomic E-state index is -0.309. The summed E-state index contributed by atoms with van der Waals surface area (Å²) >= 11 is 0. The molecular formula is C15H22FN3O2. The Morgan fingerprint density at radius 3 is 2.29 bits per heavy atom. The fraction of sp³-hybridized carbons (Fsp3) is 0.467. The first-order valence-electron chi connectivity index (χ1n) is 6.80. The van der Waals surface area contributed by atoms with E-state index in [0.29, 0.717) is 19.6 Å². The number of nitrogens with zero attached hydrogens (tertiary/aromatic N) is 2. The maximum Gasteiger partial charge on any atom is 0.239 e. The van der Waals surface area contributed by atoms with Crippen molar-refractivity contribution in [2.24, 2.45) is 0 Å². The Balaban J connectivity index is 2.42. The van der Waals surface area contributed by atoms with Gasteiger partial charge in [0.25, 0.3) is 0 Å². The van der Waals surface area contributed by atoms with Crippen LogP contribution in [0.2, 0.25) is 0 Å². The first-order valence-corrected chi connectivity index (χ1v) is 6.80. The highest BCUT2D eigenvalue weighted by molar-refractivity contribution is 5.83. The van der Waals surface area contributed by atoms with Crippen molar-refractivity contribution < 1.29 is 14.0 Å². The molecule has 1 aromatic rings. The molecule has 5 nitrogen and oxygen atoms in total. The van der Waals surface area contributed by atoms with Gasteiger partial charge in [0.05, 0.1) is 6.54 Å². The van der Waals surface area contributed by atoms with Crippen LogP contribution in [0.15, 0.2) is 24.3 Å². The van der Waals surface area contributed by atoms with Crippen molar-refractivity contribution in [1.82, 2.24) is 15.1 Å². The molecule has 0 heterocycles. The lowest BCUT2D eigenvalue weighted by atomic mass is 10.2. The van der Waals surface area contributed by atoms with Crippen molar-refractivity contribution >= 4 is 11.8 Å². The van der Waals surface area contributed by atoms with E-state index in [4.69, 9.17) is 0 Å². The van der Waals surface area contributed by atoms with Crippen LogP contribution < -0.4 is 5.32 Å². The summed E-state index contributed by atoms with van der Waals surface area (Å²) in [6.45, 7) is 3.00. The summed E-state index contributed by atoms with van der Waals surface area (Å²) in [6.07, 6.45) is 0. The monoisotopic (exact) mass is 295 g/mol. The van der Waals surface area contributed by atoms with Crippen LogP contribution in [0.5, 0.6) is 0 Å². The molecule has 0 aliphatic carbocycles. The number of rotatable bonds is 7. The highest BCUT2D eigenvalue weighted by Crippen LogP contribution is 2.02. The summed E-state index contributed by atoms with van der Waals surface area (Å²) in [5, 5.41) is 2.72. The first-order chi connectivity index (χ1) is 9.88. The molecule has 0 saturated heterocycles. The predicted molar refractivity (Wildman–Crippen MR) is 79.1 cm³/mol. The van der Waals surface area contributed by atoms with Gasteiger partial charge in [-0.05, 0) is 31.8 Å². The molecule has 0 spiro atoms. The van der Waals surface area contributed by atoms with Crippen LogP contribution >= 0.6 is 0 Å². The van der Waals surface area contributed by atoms with Gasteiger partial charge in [-0.3, -0.25) is 9.59 Å². The third-order valence-corrected chi connectivity index (χ3v) is 3.00. The summed E-state index contributed by atoms with van der Waals surface area (Å²) in [5.41, 5.74) is 0.812. The van der Waals surface area contributed by atoms with Crippen LogP contribution in [0.25, 0.3) is 0 Å². The lowest BCUT2D eigenvalue weighted by Gasteiger charge is -2.22. The fourth-order valence-electron chi connectivity index (χ4n) is 1.70. The fourth-order valence-corrected chi connectivity index (χ4v) is 1.70. The number of benzene rings is 1. The molecule has 0 aliphatic heterocycles. The summed E-state index contributed by atoms with van der Waals surface area (Å²) in [7, 11) is 3.82. The Kier molecular flexibility index (Phi) is 6.81. The minimum Gasteiger partial charge on any atom is -0.350 e. The van der Waals surface area contributed by atoms with Gasteiger partial charge in [0.2, 0.25) is 11.8 Å². The van der Waals surface area contributed by atoms with Crippen molar-refractivity contribution in [2.75, 3.05) is 33.7 Å². The number of likely N-dealkylation sites (N-methyl/N-ethyl adjacent to an activating group) is 1. The molecule has 0 atom stereocenters. The topological polar surface area (TPSA) is 52.7 Å². The van der Waals surface area contributed by atoms with Gasteiger partial charge in [0.15, 0.2) is 0 Å². The zero-order chi connectivity index (χ0) is 15.8. The summed E-state index contributed by atoms with van der Waals surface area (Å²) in [4.78, 5) is 26.8. The van der Waals surface area contributed by atoms with E-state index in [0.717, 1.165) is 5.56 Å². The van der Waals surface area contributed by atoms with Gasteiger partial charge in [0.1, 0.15) is 5.82 Å². The number of amides is 2. The minimum absolute atomic E-state index is 0.0321. The third-order valence-electron chi connectivity index (χ3n) is 3.00. The standard InChI is InChI=1S/C15H22FN3O2/c1-12(20)19(9-8-18(2)3)11-15(21)17-10-13-4-6-14(16)7-5-13/h4-7H,8-11H2,1-3H3,(H,17,21). The number of nitrogens with one attached hydrogen (secondary N) is 1. The van der Waals surface area contributed by atoms with E-state index in [2.05, 4.69) is 5.32 Å². The lowest BCUT2D eigenvalue weighted by molar-refractivity contribution is -0.134. The van der Waals surface area contributed by atoms with Crippen LogP contribution in [-0.4, -0.2) is 55.3 Å². The number of carbonyl (C=O) groups excluding carboxylic acids is 2. The number of halogens is 1. The molecule has 1 N–H and O–H groups in total. The molecule has 0 aliphatic rings. The highest BCUT2D eigenvalue weighted by atomic mass is 19.1. The highest BCUT2D eigenvalue weighted by Gasteiger charge is 2.13. The normalized spacial score (nSPS) is 10.5. The molecule has 0 aromatic heterocycles. The second-order valence-electron chi connectivity index (χ2n) is 5.15. The van der Waals surface area contributed by atoms with Crippen molar-refractivity contribution in [2.45, 2.75) is 13.5 Å². The molecule has 0 unspecified atom stereocenters. The summed E-state index contributed by atoms with van der Waals surface area (Å²) in [6, 6.07) is 5.93. The quantitative estimate of drug-likeness (QED) is 0.811. The zero-order valence-corrected chi connectivity index (χ0v) is 12.7. The average molecular weight is 295 g/mol. The molecule has 116 valence electrons. The molecule has 0 fully saturated rings. The van der Waals surface area contributed by atoms with Crippen molar-refractivity contribution in [3.63, 3.8) is 0 Å². The summed E-state index contributed by atoms with van der Waals surface area (Å²) < 4.78 is 12.8. The second-order valence-corrected chi connectivity index (χ2v) is 5.15. The second kappa shape index (κ2) is 8.36. The van der Waals surface area contributed by atoms with Gasteiger partial charge >= 0.3 is 0 Å². The van der Waals surface area contributed by atoms with Gasteiger partial charge in [-0.2, -0.15) is 0 Å². The van der Waals surface area contributed by atoms with Crippen molar-refractivity contribution in [3.8, 4) is 0 Å². The molecule has 0 bridgehead atoms. The molecule has 21 heavy (non-hydrogen) atoms. The molecular weight excluding hydrogens is 273 g/mol. The van der Waals surface area contributed by atoms with Crippen LogP contribution in [0.3, 0.4) is 0 Å². The van der Waals surface area contributed by atoms with Gasteiger partial charge < -0.3 is 15.1 Å². The number of hydrogen-bond acceptors (Lipinski definition) is 3. The Hall–Kier alpha value is -1.95. The van der Waals surface area contributed by atoms with Crippen molar-refractivity contribution in [3.05, 3.63) is 35.6 Å². The molecule has 1 rings (SSSR count). The predicted octanol–water partition coefficient (Wildman–Crippen LogP) is 0.852. The van der Waals surface area contributed by atoms with Gasteiger partial charge in [0, 0.05) is 26.6 Å². The lowest BCUT2D eigenvalue weighted by Crippen LogP contribution is -2.42. The average Bonchev–Trinajstić information content (AvgIpc) is 2.42. The Bertz CT molecular complexity index is 474.